The van der Waals surface area contributed by atoms with Gasteiger partial charge < -0.3 is 29.9 Å². The Kier molecular flexibility index (Phi) is 7.36. The van der Waals surface area contributed by atoms with Crippen LogP contribution in [0.25, 0.3) is 33.8 Å². The van der Waals surface area contributed by atoms with Gasteiger partial charge in [0, 0.05) is 42.4 Å². The van der Waals surface area contributed by atoms with Gasteiger partial charge in [0.05, 0.1) is 29.6 Å². The van der Waals surface area contributed by atoms with Crippen LogP contribution in [0.5, 0.6) is 0 Å². The Hall–Kier alpha value is -4.75. The highest BCUT2D eigenvalue weighted by Gasteiger charge is 2.26. The summed E-state index contributed by atoms with van der Waals surface area (Å²) in [5.41, 5.74) is 3.75. The van der Waals surface area contributed by atoms with Crippen molar-refractivity contribution >= 4 is 22.8 Å². The summed E-state index contributed by atoms with van der Waals surface area (Å²) in [4.78, 5) is 35.3. The number of imidazole rings is 1. The van der Waals surface area contributed by atoms with Gasteiger partial charge in [0.25, 0.3) is 0 Å². The number of piperidine rings is 1. The SMILES string of the molecule is CC(C)(C)c1noc(C(=O)NCc2ccc(-c3ccnc4nc(-c5ccc(N6CC[C@H](O)[C@@H](O)C6)cn5)[nH]c34)cc2F)n1. The van der Waals surface area contributed by atoms with Crippen LogP contribution in [0.1, 0.15) is 49.3 Å². The van der Waals surface area contributed by atoms with E-state index in [9.17, 15) is 15.0 Å². The first kappa shape index (κ1) is 28.4. The first-order valence-corrected chi connectivity index (χ1v) is 13.9. The van der Waals surface area contributed by atoms with Crippen molar-refractivity contribution in [3.63, 3.8) is 0 Å². The van der Waals surface area contributed by atoms with Crippen molar-refractivity contribution in [2.24, 2.45) is 0 Å². The summed E-state index contributed by atoms with van der Waals surface area (Å²) < 4.78 is 20.2. The summed E-state index contributed by atoms with van der Waals surface area (Å²) in [6, 6.07) is 10.3. The third-order valence-corrected chi connectivity index (χ3v) is 7.39. The maximum Gasteiger partial charge on any atom is 0.315 e. The Morgan fingerprint density at radius 2 is 1.98 bits per heavy atom. The maximum absolute atomic E-state index is 15.2. The number of β-amino-alcohol motifs (C(OH)–C–C–N with tert-alkyl or cyclic N) is 1. The molecule has 0 aliphatic carbocycles. The molecule has 12 nitrogen and oxygen atoms in total. The number of hydrogen-bond donors (Lipinski definition) is 4. The van der Waals surface area contributed by atoms with Crippen LogP contribution < -0.4 is 10.2 Å². The lowest BCUT2D eigenvalue weighted by atomic mass is 9.96. The minimum absolute atomic E-state index is 0.0588. The van der Waals surface area contributed by atoms with E-state index in [0.29, 0.717) is 64.7 Å². The standard InChI is InChI=1S/C30H31FN8O4/c1-30(2,3)29-37-28(43-38-29)27(42)34-13-17-5-4-16(12-20(17)31)19-8-10-32-26-24(19)35-25(36-26)21-7-6-18(14-33-21)39-11-9-22(40)23(41)15-39/h4-8,10,12,14,22-23,40-41H,9,11,13,15H2,1-3H3,(H,34,42)(H,32,35,36)/t22-,23-/m0/s1. The average molecular weight is 587 g/mol. The van der Waals surface area contributed by atoms with E-state index in [0.717, 1.165) is 5.69 Å². The predicted octanol–water partition coefficient (Wildman–Crippen LogP) is 3.37. The van der Waals surface area contributed by atoms with Crippen molar-refractivity contribution in [3.8, 4) is 22.6 Å². The number of aliphatic hydroxyl groups is 2. The molecule has 5 heterocycles. The Morgan fingerprint density at radius 1 is 1.14 bits per heavy atom. The van der Waals surface area contributed by atoms with E-state index in [1.165, 1.54) is 6.07 Å². The zero-order valence-electron chi connectivity index (χ0n) is 23.9. The molecule has 2 atom stereocenters. The van der Waals surface area contributed by atoms with E-state index in [2.05, 4.69) is 35.4 Å². The predicted molar refractivity (Wildman–Crippen MR) is 156 cm³/mol. The van der Waals surface area contributed by atoms with E-state index in [1.807, 2.05) is 37.8 Å². The largest absolute Gasteiger partial charge is 0.390 e. The van der Waals surface area contributed by atoms with Gasteiger partial charge in [0.1, 0.15) is 11.5 Å². The number of aromatic amines is 1. The molecule has 222 valence electrons. The molecule has 43 heavy (non-hydrogen) atoms. The minimum atomic E-state index is -0.801. The molecule has 1 aliphatic heterocycles. The number of halogens is 1. The third kappa shape index (κ3) is 5.81. The summed E-state index contributed by atoms with van der Waals surface area (Å²) in [5, 5.41) is 26.3. The van der Waals surface area contributed by atoms with E-state index in [1.54, 1.807) is 30.6 Å². The van der Waals surface area contributed by atoms with Crippen LogP contribution in [0.4, 0.5) is 10.1 Å². The van der Waals surface area contributed by atoms with Gasteiger partial charge >= 0.3 is 11.8 Å². The number of anilines is 1. The summed E-state index contributed by atoms with van der Waals surface area (Å²) in [5.74, 6) is -0.333. The van der Waals surface area contributed by atoms with Gasteiger partial charge in [-0.25, -0.2) is 14.4 Å². The van der Waals surface area contributed by atoms with Crippen LogP contribution in [-0.4, -0.2) is 71.5 Å². The van der Waals surface area contributed by atoms with Gasteiger partial charge in [-0.3, -0.25) is 9.78 Å². The summed E-state index contributed by atoms with van der Waals surface area (Å²) >= 11 is 0. The molecule has 1 aliphatic rings. The Balaban J connectivity index is 1.18. The number of nitrogens with zero attached hydrogens (tertiary/aromatic N) is 6. The highest BCUT2D eigenvalue weighted by molar-refractivity contribution is 5.91. The van der Waals surface area contributed by atoms with E-state index < -0.39 is 23.9 Å². The number of benzene rings is 1. The lowest BCUT2D eigenvalue weighted by molar-refractivity contribution is 0.00801. The molecule has 5 aromatic rings. The number of nitrogens with one attached hydrogen (secondary N) is 2. The molecule has 0 unspecified atom stereocenters. The zero-order valence-corrected chi connectivity index (χ0v) is 23.9. The van der Waals surface area contributed by atoms with Crippen LogP contribution >= 0.6 is 0 Å². The topological polar surface area (TPSA) is 166 Å². The summed E-state index contributed by atoms with van der Waals surface area (Å²) in [6.45, 7) is 6.61. The van der Waals surface area contributed by atoms with Crippen LogP contribution in [0.15, 0.2) is 53.3 Å². The van der Waals surface area contributed by atoms with Crippen LogP contribution in [0, 0.1) is 5.82 Å². The second-order valence-electron chi connectivity index (χ2n) is 11.6. The molecular formula is C30H31FN8O4. The van der Waals surface area contributed by atoms with Gasteiger partial charge in [0.15, 0.2) is 17.3 Å². The quantitative estimate of drug-likeness (QED) is 0.232. The highest BCUT2D eigenvalue weighted by atomic mass is 19.1. The van der Waals surface area contributed by atoms with Crippen molar-refractivity contribution in [2.45, 2.75) is 51.4 Å². The second kappa shape index (κ2) is 11.2. The number of hydrogen-bond acceptors (Lipinski definition) is 10. The molecular weight excluding hydrogens is 555 g/mol. The molecule has 1 fully saturated rings. The minimum Gasteiger partial charge on any atom is -0.390 e. The Morgan fingerprint density at radius 3 is 2.67 bits per heavy atom. The van der Waals surface area contributed by atoms with Crippen molar-refractivity contribution < 1.29 is 23.9 Å². The van der Waals surface area contributed by atoms with Gasteiger partial charge in [-0.1, -0.05) is 38.1 Å². The molecule has 6 rings (SSSR count). The van der Waals surface area contributed by atoms with Gasteiger partial charge in [-0.2, -0.15) is 4.98 Å². The lowest BCUT2D eigenvalue weighted by Gasteiger charge is -2.34. The monoisotopic (exact) mass is 586 g/mol. The van der Waals surface area contributed by atoms with E-state index in [4.69, 9.17) is 4.52 Å². The maximum atomic E-state index is 15.2. The zero-order chi connectivity index (χ0) is 30.3. The van der Waals surface area contributed by atoms with Crippen molar-refractivity contribution in [2.75, 3.05) is 18.0 Å². The first-order valence-electron chi connectivity index (χ1n) is 13.9. The molecule has 1 saturated heterocycles. The molecule has 4 N–H and O–H groups in total. The number of carbonyl (C=O) groups is 1. The number of pyridine rings is 2. The molecule has 0 saturated carbocycles. The Bertz CT molecular complexity index is 1780. The number of aromatic nitrogens is 6. The Labute approximate surface area is 246 Å². The van der Waals surface area contributed by atoms with E-state index in [-0.39, 0.29) is 17.9 Å². The van der Waals surface area contributed by atoms with Crippen LogP contribution in [0.3, 0.4) is 0 Å². The molecule has 1 amide bonds. The summed E-state index contributed by atoms with van der Waals surface area (Å²) in [7, 11) is 0. The second-order valence-corrected chi connectivity index (χ2v) is 11.6. The van der Waals surface area contributed by atoms with Gasteiger partial charge in [-0.15, -0.1) is 0 Å². The molecule has 13 heteroatoms. The number of fused-ring (bicyclic) bond motifs is 1. The number of rotatable bonds is 6. The molecule has 0 spiro atoms. The molecule has 0 bridgehead atoms. The smallest absolute Gasteiger partial charge is 0.315 e. The molecule has 0 radical (unpaired) electrons. The number of carbonyl (C=O) groups excluding carboxylic acids is 1. The highest BCUT2D eigenvalue weighted by Crippen LogP contribution is 2.30. The van der Waals surface area contributed by atoms with Crippen molar-refractivity contribution in [3.05, 3.63) is 71.9 Å². The normalized spacial score (nSPS) is 17.4. The van der Waals surface area contributed by atoms with E-state index >= 15 is 4.39 Å². The molecule has 1 aromatic carbocycles. The average Bonchev–Trinajstić information content (AvgIpc) is 3.66. The molecule has 4 aromatic heterocycles. The number of amides is 1. The van der Waals surface area contributed by atoms with Crippen molar-refractivity contribution in [1.29, 1.82) is 0 Å². The lowest BCUT2D eigenvalue weighted by Crippen LogP contribution is -2.46. The first-order chi connectivity index (χ1) is 20.6. The fourth-order valence-corrected chi connectivity index (χ4v) is 4.87. The van der Waals surface area contributed by atoms with Gasteiger partial charge in [-0.05, 0) is 36.2 Å². The van der Waals surface area contributed by atoms with Crippen LogP contribution in [0.2, 0.25) is 0 Å². The van der Waals surface area contributed by atoms with Crippen LogP contribution in [-0.2, 0) is 12.0 Å². The fraction of sp³-hybridized carbons (Fsp3) is 0.333. The number of aliphatic hydroxyl groups excluding tert-OH is 2. The van der Waals surface area contributed by atoms with Crippen molar-refractivity contribution in [1.82, 2.24) is 35.4 Å². The van der Waals surface area contributed by atoms with Gasteiger partial charge in [0.2, 0.25) is 0 Å². The number of H-pyrrole nitrogens is 1. The summed E-state index contributed by atoms with van der Waals surface area (Å²) in [6.07, 6.45) is 2.28. The fourth-order valence-electron chi connectivity index (χ4n) is 4.87. The third-order valence-electron chi connectivity index (χ3n) is 7.39.